The predicted molar refractivity (Wildman–Crippen MR) is 64.4 cm³/mol. The Bertz CT molecular complexity index is 407. The quantitative estimate of drug-likeness (QED) is 0.624. The van der Waals surface area contributed by atoms with Crippen molar-refractivity contribution < 1.29 is 4.74 Å². The van der Waals surface area contributed by atoms with Crippen LogP contribution in [-0.4, -0.2) is 12.4 Å². The van der Waals surface area contributed by atoms with Crippen molar-refractivity contribution in [2.75, 3.05) is 12.4 Å². The molecule has 0 aliphatic rings. The second kappa shape index (κ2) is 5.47. The van der Waals surface area contributed by atoms with Gasteiger partial charge in [0.05, 0.1) is 11.6 Å². The fourth-order valence-electron chi connectivity index (χ4n) is 1.05. The summed E-state index contributed by atoms with van der Waals surface area (Å²) in [6.45, 7) is 6.18. The number of aryl methyl sites for hydroxylation is 1. The Labute approximate surface area is 95.6 Å². The van der Waals surface area contributed by atoms with Gasteiger partial charge in [0.2, 0.25) is 0 Å². The molecule has 15 heavy (non-hydrogen) atoms. The molecule has 0 aliphatic carbocycles. The minimum absolute atomic E-state index is 0.444. The Hall–Kier alpha value is -1.40. The summed E-state index contributed by atoms with van der Waals surface area (Å²) >= 11 is 4.09. The highest BCUT2D eigenvalue weighted by Gasteiger charge is 2.01. The van der Waals surface area contributed by atoms with Crippen molar-refractivity contribution in [3.63, 3.8) is 0 Å². The second-order valence-electron chi connectivity index (χ2n) is 3.29. The zero-order valence-corrected chi connectivity index (χ0v) is 9.55. The summed E-state index contributed by atoms with van der Waals surface area (Å²) in [4.78, 5) is 0. The summed E-state index contributed by atoms with van der Waals surface area (Å²) in [6.07, 6.45) is 0. The third kappa shape index (κ3) is 3.34. The predicted octanol–water partition coefficient (Wildman–Crippen LogP) is 2.73. The van der Waals surface area contributed by atoms with E-state index in [1.165, 1.54) is 0 Å². The van der Waals surface area contributed by atoms with Crippen LogP contribution in [0.5, 0.6) is 5.75 Å². The highest BCUT2D eigenvalue weighted by Crippen LogP contribution is 2.19. The minimum atomic E-state index is 0.444. The van der Waals surface area contributed by atoms with Crippen LogP contribution in [0.3, 0.4) is 0 Å². The molecule has 0 aliphatic heterocycles. The average Bonchev–Trinajstić information content (AvgIpc) is 2.27. The lowest BCUT2D eigenvalue weighted by Gasteiger charge is -2.09. The highest BCUT2D eigenvalue weighted by molar-refractivity contribution is 7.80. The number of nitriles is 1. The molecule has 0 saturated carbocycles. The van der Waals surface area contributed by atoms with E-state index in [9.17, 15) is 0 Å². The summed E-state index contributed by atoms with van der Waals surface area (Å²) in [7, 11) is 0. The molecular weight excluding hydrogens is 206 g/mol. The minimum Gasteiger partial charge on any atom is -0.489 e. The maximum absolute atomic E-state index is 8.74. The summed E-state index contributed by atoms with van der Waals surface area (Å²) in [5.41, 5.74) is 2.54. The van der Waals surface area contributed by atoms with Gasteiger partial charge in [-0.1, -0.05) is 12.6 Å². The largest absolute Gasteiger partial charge is 0.489 e. The molecule has 0 atom stereocenters. The average molecular weight is 219 g/mol. The van der Waals surface area contributed by atoms with Crippen molar-refractivity contribution in [3.05, 3.63) is 41.5 Å². The lowest BCUT2D eigenvalue weighted by atomic mass is 10.1. The summed E-state index contributed by atoms with van der Waals surface area (Å²) in [5.74, 6) is 1.34. The standard InChI is InChI=1S/C12H13NOS/c1-9(8-15)7-14-12-5-11(6-13)4-3-10(12)2/h3-5,15H,1,7-8H2,2H3. The lowest BCUT2D eigenvalue weighted by molar-refractivity contribution is 0.351. The van der Waals surface area contributed by atoms with Crippen LogP contribution in [0.15, 0.2) is 30.4 Å². The summed E-state index contributed by atoms with van der Waals surface area (Å²) < 4.78 is 5.53. The van der Waals surface area contributed by atoms with E-state index in [0.717, 1.165) is 16.9 Å². The molecule has 0 fully saturated rings. The molecule has 1 rings (SSSR count). The van der Waals surface area contributed by atoms with Gasteiger partial charge in [-0.3, -0.25) is 0 Å². The Morgan fingerprint density at radius 2 is 2.33 bits per heavy atom. The monoisotopic (exact) mass is 219 g/mol. The first-order valence-corrected chi connectivity index (χ1v) is 5.21. The number of hydrogen-bond donors (Lipinski definition) is 1. The topological polar surface area (TPSA) is 33.0 Å². The van der Waals surface area contributed by atoms with Crippen LogP contribution in [0.2, 0.25) is 0 Å². The SMILES string of the molecule is C=C(CS)COc1cc(C#N)ccc1C. The Morgan fingerprint density at radius 3 is 2.93 bits per heavy atom. The molecule has 0 saturated heterocycles. The Kier molecular flexibility index (Phi) is 4.26. The molecule has 0 aromatic heterocycles. The van der Waals surface area contributed by atoms with Gasteiger partial charge in [0, 0.05) is 5.75 Å². The lowest BCUT2D eigenvalue weighted by Crippen LogP contribution is -2.02. The third-order valence-corrected chi connectivity index (χ3v) is 2.42. The zero-order valence-electron chi connectivity index (χ0n) is 8.66. The number of nitrogens with zero attached hydrogens (tertiary/aromatic N) is 1. The zero-order chi connectivity index (χ0) is 11.3. The van der Waals surface area contributed by atoms with Crippen molar-refractivity contribution in [3.8, 4) is 11.8 Å². The molecule has 0 unspecified atom stereocenters. The first kappa shape index (κ1) is 11.7. The normalized spacial score (nSPS) is 9.40. The van der Waals surface area contributed by atoms with Crippen molar-refractivity contribution in [2.45, 2.75) is 6.92 Å². The fraction of sp³-hybridized carbons (Fsp3) is 0.250. The van der Waals surface area contributed by atoms with Gasteiger partial charge >= 0.3 is 0 Å². The van der Waals surface area contributed by atoms with Gasteiger partial charge in [-0.15, -0.1) is 0 Å². The third-order valence-electron chi connectivity index (χ3n) is 1.97. The van der Waals surface area contributed by atoms with Gasteiger partial charge in [-0.25, -0.2) is 0 Å². The molecule has 0 amide bonds. The molecule has 1 aromatic carbocycles. The molecule has 78 valence electrons. The van der Waals surface area contributed by atoms with Crippen molar-refractivity contribution in [1.82, 2.24) is 0 Å². The molecule has 3 heteroatoms. The van der Waals surface area contributed by atoms with Gasteiger partial charge in [-0.05, 0) is 30.2 Å². The summed E-state index contributed by atoms with van der Waals surface area (Å²) in [5, 5.41) is 8.74. The number of benzene rings is 1. The van der Waals surface area contributed by atoms with Crippen LogP contribution >= 0.6 is 12.6 Å². The Morgan fingerprint density at radius 1 is 1.60 bits per heavy atom. The van der Waals surface area contributed by atoms with Crippen molar-refractivity contribution in [1.29, 1.82) is 5.26 Å². The first-order chi connectivity index (χ1) is 7.17. The van der Waals surface area contributed by atoms with E-state index in [-0.39, 0.29) is 0 Å². The second-order valence-corrected chi connectivity index (χ2v) is 3.61. The van der Waals surface area contributed by atoms with Crippen molar-refractivity contribution in [2.24, 2.45) is 0 Å². The van der Waals surface area contributed by atoms with Gasteiger partial charge in [-0.2, -0.15) is 17.9 Å². The van der Waals surface area contributed by atoms with E-state index in [1.807, 2.05) is 13.0 Å². The maximum atomic E-state index is 8.74. The highest BCUT2D eigenvalue weighted by atomic mass is 32.1. The van der Waals surface area contributed by atoms with Crippen LogP contribution in [0.25, 0.3) is 0 Å². The molecule has 0 spiro atoms. The van der Waals surface area contributed by atoms with Crippen LogP contribution in [0.4, 0.5) is 0 Å². The van der Waals surface area contributed by atoms with Gasteiger partial charge in [0.15, 0.2) is 0 Å². The van der Waals surface area contributed by atoms with Crippen molar-refractivity contribution >= 4 is 12.6 Å². The molecular formula is C12H13NOS. The van der Waals surface area contributed by atoms with E-state index in [2.05, 4.69) is 25.3 Å². The van der Waals surface area contributed by atoms with Gasteiger partial charge in [0.1, 0.15) is 12.4 Å². The molecule has 0 bridgehead atoms. The Balaban J connectivity index is 2.76. The molecule has 1 aromatic rings. The van der Waals surface area contributed by atoms with Crippen LogP contribution < -0.4 is 4.74 Å². The van der Waals surface area contributed by atoms with Crippen LogP contribution in [-0.2, 0) is 0 Å². The van der Waals surface area contributed by atoms with Crippen LogP contribution in [0.1, 0.15) is 11.1 Å². The molecule has 0 N–H and O–H groups in total. The first-order valence-electron chi connectivity index (χ1n) is 4.58. The van der Waals surface area contributed by atoms with E-state index >= 15 is 0 Å². The number of ether oxygens (including phenoxy) is 1. The number of rotatable bonds is 4. The molecule has 0 heterocycles. The van der Waals surface area contributed by atoms with Gasteiger partial charge < -0.3 is 4.74 Å². The van der Waals surface area contributed by atoms with E-state index in [4.69, 9.17) is 10.00 Å². The van der Waals surface area contributed by atoms with E-state index in [0.29, 0.717) is 17.9 Å². The smallest absolute Gasteiger partial charge is 0.124 e. The maximum Gasteiger partial charge on any atom is 0.124 e. The van der Waals surface area contributed by atoms with Gasteiger partial charge in [0.25, 0.3) is 0 Å². The van der Waals surface area contributed by atoms with Crippen LogP contribution in [0, 0.1) is 18.3 Å². The fourth-order valence-corrected chi connectivity index (χ4v) is 1.14. The van der Waals surface area contributed by atoms with E-state index in [1.54, 1.807) is 12.1 Å². The molecule has 0 radical (unpaired) electrons. The number of hydrogen-bond acceptors (Lipinski definition) is 3. The molecule has 2 nitrogen and oxygen atoms in total. The van der Waals surface area contributed by atoms with E-state index < -0.39 is 0 Å². The number of thiol groups is 1. The summed E-state index contributed by atoms with van der Waals surface area (Å²) in [6, 6.07) is 7.46.